The number of benzene rings is 3. The van der Waals surface area contributed by atoms with Crippen LogP contribution >= 0.6 is 0 Å². The molecule has 0 radical (unpaired) electrons. The van der Waals surface area contributed by atoms with E-state index in [1.54, 1.807) is 0 Å². The SMILES string of the molecule is Cc1cccc(C[Si](C)(Cc2cccc(C)c2O)Cc2cccc(C)c2O)c1O. The van der Waals surface area contributed by atoms with Gasteiger partial charge in [0, 0.05) is 0 Å². The maximum atomic E-state index is 10.6. The number of aryl methyl sites for hydroxylation is 3. The monoisotopic (exact) mass is 406 g/mol. The summed E-state index contributed by atoms with van der Waals surface area (Å²) in [7, 11) is -2.11. The Balaban J connectivity index is 2.03. The van der Waals surface area contributed by atoms with Gasteiger partial charge in [0.1, 0.15) is 17.2 Å². The highest BCUT2D eigenvalue weighted by atomic mass is 28.3. The molecule has 0 bridgehead atoms. The van der Waals surface area contributed by atoms with Crippen LogP contribution in [0.3, 0.4) is 0 Å². The van der Waals surface area contributed by atoms with Crippen LogP contribution < -0.4 is 0 Å². The fourth-order valence-corrected chi connectivity index (χ4v) is 8.14. The molecule has 0 atom stereocenters. The van der Waals surface area contributed by atoms with Crippen molar-refractivity contribution in [2.75, 3.05) is 0 Å². The molecule has 0 amide bonds. The third kappa shape index (κ3) is 4.65. The van der Waals surface area contributed by atoms with E-state index in [9.17, 15) is 15.3 Å². The van der Waals surface area contributed by atoms with Crippen molar-refractivity contribution in [2.45, 2.75) is 45.5 Å². The molecule has 0 aliphatic heterocycles. The summed E-state index contributed by atoms with van der Waals surface area (Å²) >= 11 is 0. The van der Waals surface area contributed by atoms with E-state index in [0.717, 1.165) is 51.5 Å². The lowest BCUT2D eigenvalue weighted by atomic mass is 10.1. The number of hydrogen-bond acceptors (Lipinski definition) is 3. The standard InChI is InChI=1S/C25H30O3Si/c1-17-8-5-11-20(23(17)26)14-29(4,15-21-12-6-9-18(2)24(21)27)16-22-13-7-10-19(3)25(22)28/h5-13,26-28H,14-16H2,1-4H3. The molecular formula is C25H30O3Si. The molecule has 3 rings (SSSR count). The zero-order chi connectivity index (χ0) is 21.2. The molecule has 3 aromatic rings. The normalized spacial score (nSPS) is 11.6. The first-order valence-electron chi connectivity index (χ1n) is 10.0. The van der Waals surface area contributed by atoms with E-state index in [4.69, 9.17) is 0 Å². The molecule has 0 fully saturated rings. The maximum absolute atomic E-state index is 10.6. The maximum Gasteiger partial charge on any atom is 0.121 e. The fourth-order valence-electron chi connectivity index (χ4n) is 4.15. The topological polar surface area (TPSA) is 60.7 Å². The van der Waals surface area contributed by atoms with Gasteiger partial charge in [-0.05, 0) is 72.3 Å². The van der Waals surface area contributed by atoms with Crippen molar-refractivity contribution < 1.29 is 15.3 Å². The van der Waals surface area contributed by atoms with Gasteiger partial charge in [0.05, 0.1) is 8.07 Å². The first-order chi connectivity index (χ1) is 13.7. The summed E-state index contributed by atoms with van der Waals surface area (Å²) in [4.78, 5) is 0. The lowest BCUT2D eigenvalue weighted by Crippen LogP contribution is -2.40. The van der Waals surface area contributed by atoms with Crippen molar-refractivity contribution in [1.29, 1.82) is 0 Å². The van der Waals surface area contributed by atoms with Crippen LogP contribution in [0, 0.1) is 20.8 Å². The third-order valence-corrected chi connectivity index (χ3v) is 9.52. The first kappa shape index (κ1) is 21.0. The Hall–Kier alpha value is -2.72. The molecular weight excluding hydrogens is 376 g/mol. The molecule has 3 aromatic carbocycles. The van der Waals surface area contributed by atoms with E-state index in [2.05, 4.69) is 6.55 Å². The van der Waals surface area contributed by atoms with Crippen molar-refractivity contribution in [3.8, 4) is 17.2 Å². The smallest absolute Gasteiger partial charge is 0.121 e. The molecule has 3 nitrogen and oxygen atoms in total. The van der Waals surface area contributed by atoms with Crippen LogP contribution in [0.15, 0.2) is 54.6 Å². The summed E-state index contributed by atoms with van der Waals surface area (Å²) in [5.41, 5.74) is 5.44. The van der Waals surface area contributed by atoms with Crippen molar-refractivity contribution >= 4 is 8.07 Å². The van der Waals surface area contributed by atoms with Gasteiger partial charge in [-0.15, -0.1) is 0 Å². The molecule has 0 unspecified atom stereocenters. The average Bonchev–Trinajstić information content (AvgIpc) is 2.67. The number of rotatable bonds is 6. The van der Waals surface area contributed by atoms with Crippen molar-refractivity contribution in [3.05, 3.63) is 88.0 Å². The minimum atomic E-state index is -2.11. The van der Waals surface area contributed by atoms with Gasteiger partial charge in [-0.3, -0.25) is 0 Å². The van der Waals surface area contributed by atoms with Gasteiger partial charge < -0.3 is 15.3 Å². The van der Waals surface area contributed by atoms with E-state index in [-0.39, 0.29) is 0 Å². The van der Waals surface area contributed by atoms with Gasteiger partial charge in [-0.2, -0.15) is 0 Å². The highest BCUT2D eigenvalue weighted by molar-refractivity contribution is 6.77. The van der Waals surface area contributed by atoms with Crippen molar-refractivity contribution in [2.24, 2.45) is 0 Å². The Bertz CT molecular complexity index is 897. The number of phenols is 3. The number of para-hydroxylation sites is 3. The lowest BCUT2D eigenvalue weighted by molar-refractivity contribution is 0.464. The van der Waals surface area contributed by atoms with Crippen LogP contribution in [-0.4, -0.2) is 23.4 Å². The molecule has 0 saturated heterocycles. The predicted octanol–water partition coefficient (Wildman–Crippen LogP) is 5.45. The molecule has 152 valence electrons. The summed E-state index contributed by atoms with van der Waals surface area (Å²) in [6.07, 6.45) is 0. The number of phenolic OH excluding ortho intramolecular Hbond substituents is 3. The highest BCUT2D eigenvalue weighted by Gasteiger charge is 2.31. The molecule has 0 saturated carbocycles. The number of aromatic hydroxyl groups is 3. The molecule has 29 heavy (non-hydrogen) atoms. The summed E-state index contributed by atoms with van der Waals surface area (Å²) in [5, 5.41) is 31.8. The molecule has 3 N–H and O–H groups in total. The van der Waals surface area contributed by atoms with E-state index in [0.29, 0.717) is 17.2 Å². The van der Waals surface area contributed by atoms with Gasteiger partial charge >= 0.3 is 0 Å². The van der Waals surface area contributed by atoms with Crippen LogP contribution in [0.4, 0.5) is 0 Å². The minimum absolute atomic E-state index is 0.355. The predicted molar refractivity (Wildman–Crippen MR) is 121 cm³/mol. The summed E-state index contributed by atoms with van der Waals surface area (Å²) < 4.78 is 0. The molecule has 0 spiro atoms. The van der Waals surface area contributed by atoms with Crippen LogP contribution in [0.1, 0.15) is 33.4 Å². The highest BCUT2D eigenvalue weighted by Crippen LogP contribution is 2.33. The molecule has 0 aliphatic rings. The second kappa shape index (κ2) is 8.33. The fraction of sp³-hybridized carbons (Fsp3) is 0.280. The number of hydrogen-bond donors (Lipinski definition) is 3. The Morgan fingerprint density at radius 2 is 0.828 bits per heavy atom. The quantitative estimate of drug-likeness (QED) is 0.477. The van der Waals surface area contributed by atoms with E-state index < -0.39 is 8.07 Å². The Kier molecular flexibility index (Phi) is 6.03. The largest absolute Gasteiger partial charge is 0.507 e. The summed E-state index contributed by atoms with van der Waals surface area (Å²) in [5.74, 6) is 1.06. The molecule has 4 heteroatoms. The first-order valence-corrected chi connectivity index (χ1v) is 13.1. The molecule has 0 aromatic heterocycles. The second-order valence-corrected chi connectivity index (χ2v) is 13.3. The van der Waals surface area contributed by atoms with Gasteiger partial charge in [0.25, 0.3) is 0 Å². The lowest BCUT2D eigenvalue weighted by Gasteiger charge is -2.30. The van der Waals surface area contributed by atoms with Gasteiger partial charge in [0.2, 0.25) is 0 Å². The molecule has 0 heterocycles. The van der Waals surface area contributed by atoms with Gasteiger partial charge in [-0.25, -0.2) is 0 Å². The zero-order valence-electron chi connectivity index (χ0n) is 17.7. The van der Waals surface area contributed by atoms with Crippen LogP contribution in [0.25, 0.3) is 0 Å². The zero-order valence-corrected chi connectivity index (χ0v) is 18.7. The van der Waals surface area contributed by atoms with E-state index in [1.807, 2.05) is 75.4 Å². The second-order valence-electron chi connectivity index (χ2n) is 8.59. The van der Waals surface area contributed by atoms with Crippen LogP contribution in [0.5, 0.6) is 17.2 Å². The summed E-state index contributed by atoms with van der Waals surface area (Å²) in [6.45, 7) is 8.03. The van der Waals surface area contributed by atoms with Crippen LogP contribution in [0.2, 0.25) is 6.55 Å². The minimum Gasteiger partial charge on any atom is -0.507 e. The summed E-state index contributed by atoms with van der Waals surface area (Å²) in [6, 6.07) is 19.9. The van der Waals surface area contributed by atoms with E-state index in [1.165, 1.54) is 0 Å². The third-order valence-electron chi connectivity index (χ3n) is 5.82. The van der Waals surface area contributed by atoms with Crippen LogP contribution in [-0.2, 0) is 18.1 Å². The Labute approximate surface area is 174 Å². The van der Waals surface area contributed by atoms with E-state index >= 15 is 0 Å². The Morgan fingerprint density at radius 1 is 0.552 bits per heavy atom. The van der Waals surface area contributed by atoms with Gasteiger partial charge in [-0.1, -0.05) is 61.1 Å². The van der Waals surface area contributed by atoms with Crippen molar-refractivity contribution in [3.63, 3.8) is 0 Å². The average molecular weight is 407 g/mol. The molecule has 0 aliphatic carbocycles. The van der Waals surface area contributed by atoms with Crippen molar-refractivity contribution in [1.82, 2.24) is 0 Å². The van der Waals surface area contributed by atoms with Gasteiger partial charge in [0.15, 0.2) is 0 Å². The Morgan fingerprint density at radius 3 is 1.10 bits per heavy atom.